The van der Waals surface area contributed by atoms with Crippen LogP contribution < -0.4 is 20.9 Å². The van der Waals surface area contributed by atoms with Gasteiger partial charge in [-0.25, -0.2) is 8.78 Å². The van der Waals surface area contributed by atoms with Crippen LogP contribution in [0.2, 0.25) is 0 Å². The summed E-state index contributed by atoms with van der Waals surface area (Å²) in [6.07, 6.45) is 0.358. The number of carbonyl (C=O) groups is 4. The number of aliphatic carboxylic acids is 1. The van der Waals surface area contributed by atoms with E-state index < -0.39 is 83.3 Å². The van der Waals surface area contributed by atoms with Gasteiger partial charge in [-0.15, -0.1) is 0 Å². The zero-order valence-electron chi connectivity index (χ0n) is 19.6. The molecule has 10 nitrogen and oxygen atoms in total. The molecule has 0 fully saturated rings. The summed E-state index contributed by atoms with van der Waals surface area (Å²) in [6.45, 7) is 1.84. The van der Waals surface area contributed by atoms with Gasteiger partial charge in [-0.3, -0.25) is 24.0 Å². The molecular formula is C23H23F4N3O7. The second kappa shape index (κ2) is 12.6. The molecule has 0 aliphatic carbocycles. The Balaban J connectivity index is 2.26. The van der Waals surface area contributed by atoms with Crippen molar-refractivity contribution in [1.82, 2.24) is 9.88 Å². The molecule has 37 heavy (non-hydrogen) atoms. The first-order valence-electron chi connectivity index (χ1n) is 10.9. The molecule has 0 saturated heterocycles. The highest BCUT2D eigenvalue weighted by Crippen LogP contribution is 2.26. The molecule has 2 atom stereocenters. The molecule has 0 aliphatic heterocycles. The third-order valence-corrected chi connectivity index (χ3v) is 5.11. The number of amides is 2. The highest BCUT2D eigenvalue weighted by molar-refractivity contribution is 5.94. The number of anilines is 1. The Labute approximate surface area is 207 Å². The quantitative estimate of drug-likeness (QED) is 0.283. The standard InChI is InChI=1S/C23H23F4N3O7/c1-3-15(30-7-5-6-13(23(30)36)28-17(32)4-2)22(35)29-14(9-18(33)34)16(31)10-37-21-19(26)11(24)8-12(25)20(21)27/h5-8,14-15H,3-4,9-10H2,1-2H3,(H,28,32)(H,29,35)(H,33,34)/t14?,15-/m0/s1. The van der Waals surface area contributed by atoms with Crippen LogP contribution in [0.1, 0.15) is 39.2 Å². The third kappa shape index (κ3) is 7.15. The average Bonchev–Trinajstić information content (AvgIpc) is 2.84. The number of rotatable bonds is 12. The van der Waals surface area contributed by atoms with Gasteiger partial charge in [0.2, 0.25) is 23.4 Å². The van der Waals surface area contributed by atoms with Crippen LogP contribution in [0, 0.1) is 23.3 Å². The number of ketones is 1. The van der Waals surface area contributed by atoms with Crippen LogP contribution in [0.3, 0.4) is 0 Å². The van der Waals surface area contributed by atoms with Crippen molar-refractivity contribution in [2.45, 2.75) is 45.2 Å². The number of nitrogens with zero attached hydrogens (tertiary/aromatic N) is 1. The number of ether oxygens (including phenoxy) is 1. The Morgan fingerprint density at radius 1 is 1.08 bits per heavy atom. The fraction of sp³-hybridized carbons (Fsp3) is 0.348. The molecule has 1 aromatic heterocycles. The molecule has 0 saturated carbocycles. The molecule has 2 rings (SSSR count). The fourth-order valence-corrected chi connectivity index (χ4v) is 3.21. The van der Waals surface area contributed by atoms with E-state index in [1.807, 2.05) is 0 Å². The Hall–Kier alpha value is -4.23. The number of hydrogen-bond acceptors (Lipinski definition) is 6. The van der Waals surface area contributed by atoms with E-state index in [0.717, 1.165) is 4.57 Å². The molecule has 14 heteroatoms. The highest BCUT2D eigenvalue weighted by Gasteiger charge is 2.30. The lowest BCUT2D eigenvalue weighted by atomic mass is 10.1. The van der Waals surface area contributed by atoms with Gasteiger partial charge in [0.15, 0.2) is 23.2 Å². The fourth-order valence-electron chi connectivity index (χ4n) is 3.21. The second-order valence-corrected chi connectivity index (χ2v) is 7.67. The predicted octanol–water partition coefficient (Wildman–Crippen LogP) is 2.31. The lowest BCUT2D eigenvalue weighted by Crippen LogP contribution is -2.48. The van der Waals surface area contributed by atoms with Crippen molar-refractivity contribution in [2.75, 3.05) is 11.9 Å². The van der Waals surface area contributed by atoms with E-state index in [1.54, 1.807) is 6.92 Å². The molecule has 3 N–H and O–H groups in total. The molecule has 2 amide bonds. The summed E-state index contributed by atoms with van der Waals surface area (Å²) in [5.41, 5.74) is -0.853. The van der Waals surface area contributed by atoms with Crippen molar-refractivity contribution < 1.29 is 46.6 Å². The first kappa shape index (κ1) is 29.0. The molecule has 0 spiro atoms. The summed E-state index contributed by atoms with van der Waals surface area (Å²) in [4.78, 5) is 61.1. The summed E-state index contributed by atoms with van der Waals surface area (Å²) in [6, 6.07) is -0.399. The van der Waals surface area contributed by atoms with Crippen molar-refractivity contribution in [3.8, 4) is 5.75 Å². The monoisotopic (exact) mass is 529 g/mol. The van der Waals surface area contributed by atoms with Gasteiger partial charge in [-0.05, 0) is 18.6 Å². The zero-order valence-corrected chi connectivity index (χ0v) is 19.6. The minimum absolute atomic E-state index is 0.000388. The Morgan fingerprint density at radius 2 is 1.70 bits per heavy atom. The minimum Gasteiger partial charge on any atom is -0.481 e. The molecule has 200 valence electrons. The van der Waals surface area contributed by atoms with Crippen molar-refractivity contribution in [3.05, 3.63) is 58.0 Å². The first-order valence-corrected chi connectivity index (χ1v) is 10.9. The smallest absolute Gasteiger partial charge is 0.305 e. The minimum atomic E-state index is -1.91. The molecule has 1 unspecified atom stereocenters. The largest absolute Gasteiger partial charge is 0.481 e. The van der Waals surface area contributed by atoms with E-state index in [-0.39, 0.29) is 24.6 Å². The molecule has 1 aromatic carbocycles. The van der Waals surface area contributed by atoms with Gasteiger partial charge in [0.25, 0.3) is 5.56 Å². The molecule has 0 aliphatic rings. The number of carbonyl (C=O) groups excluding carboxylic acids is 3. The zero-order chi connectivity index (χ0) is 27.9. The lowest BCUT2D eigenvalue weighted by Gasteiger charge is -2.22. The summed E-state index contributed by atoms with van der Waals surface area (Å²) in [7, 11) is 0. The maximum absolute atomic E-state index is 13.8. The predicted molar refractivity (Wildman–Crippen MR) is 120 cm³/mol. The molecule has 0 bridgehead atoms. The Morgan fingerprint density at radius 3 is 2.24 bits per heavy atom. The van der Waals surface area contributed by atoms with Gasteiger partial charge in [0, 0.05) is 18.7 Å². The number of carboxylic acids is 1. The number of hydrogen-bond donors (Lipinski definition) is 3. The molecular weight excluding hydrogens is 506 g/mol. The molecule has 0 radical (unpaired) electrons. The van der Waals surface area contributed by atoms with Crippen LogP contribution in [0.4, 0.5) is 23.2 Å². The van der Waals surface area contributed by atoms with Gasteiger partial charge in [-0.1, -0.05) is 13.8 Å². The molecule has 1 heterocycles. The first-order chi connectivity index (χ1) is 17.4. The normalized spacial score (nSPS) is 12.4. The maximum Gasteiger partial charge on any atom is 0.305 e. The van der Waals surface area contributed by atoms with Crippen molar-refractivity contribution in [3.63, 3.8) is 0 Å². The number of halogens is 4. The van der Waals surface area contributed by atoms with Crippen molar-refractivity contribution in [1.29, 1.82) is 0 Å². The number of aromatic nitrogens is 1. The van der Waals surface area contributed by atoms with Gasteiger partial charge in [-0.2, -0.15) is 8.78 Å². The number of pyridine rings is 1. The van der Waals surface area contributed by atoms with Crippen LogP contribution >= 0.6 is 0 Å². The van der Waals surface area contributed by atoms with E-state index >= 15 is 0 Å². The topological polar surface area (TPSA) is 144 Å². The number of nitrogens with one attached hydrogen (secondary N) is 2. The summed E-state index contributed by atoms with van der Waals surface area (Å²) < 4.78 is 59.8. The number of Topliss-reactive ketones (excluding diaryl/α,β-unsaturated/α-hetero) is 1. The SMILES string of the molecule is CCC(=O)Nc1cccn([C@@H](CC)C(=O)NC(CC(=O)O)C(=O)COc2c(F)c(F)cc(F)c2F)c1=O. The van der Waals surface area contributed by atoms with Gasteiger partial charge in [0.05, 0.1) is 6.42 Å². The lowest BCUT2D eigenvalue weighted by molar-refractivity contribution is -0.140. The maximum atomic E-state index is 13.8. The van der Waals surface area contributed by atoms with Crippen molar-refractivity contribution in [2.24, 2.45) is 0 Å². The number of benzene rings is 1. The van der Waals surface area contributed by atoms with E-state index in [4.69, 9.17) is 5.11 Å². The van der Waals surface area contributed by atoms with E-state index in [1.165, 1.54) is 25.3 Å². The highest BCUT2D eigenvalue weighted by atomic mass is 19.2. The van der Waals surface area contributed by atoms with E-state index in [2.05, 4.69) is 15.4 Å². The van der Waals surface area contributed by atoms with Crippen LogP contribution in [-0.2, 0) is 19.2 Å². The van der Waals surface area contributed by atoms with E-state index in [0.29, 0.717) is 0 Å². The second-order valence-electron chi connectivity index (χ2n) is 7.67. The van der Waals surface area contributed by atoms with Crippen LogP contribution in [0.5, 0.6) is 5.75 Å². The molecule has 2 aromatic rings. The van der Waals surface area contributed by atoms with Gasteiger partial charge in [0.1, 0.15) is 24.4 Å². The van der Waals surface area contributed by atoms with Crippen LogP contribution in [-0.4, -0.2) is 45.9 Å². The Bertz CT molecular complexity index is 1240. The van der Waals surface area contributed by atoms with E-state index in [9.17, 15) is 41.5 Å². The van der Waals surface area contributed by atoms with Crippen LogP contribution in [0.15, 0.2) is 29.2 Å². The number of carboxylic acid groups (broad SMARTS) is 1. The Kier molecular flexibility index (Phi) is 9.91. The summed E-state index contributed by atoms with van der Waals surface area (Å²) in [5.74, 6) is -13.1. The van der Waals surface area contributed by atoms with Crippen molar-refractivity contribution >= 4 is 29.3 Å². The van der Waals surface area contributed by atoms with Gasteiger partial charge >= 0.3 is 5.97 Å². The average molecular weight is 529 g/mol. The summed E-state index contributed by atoms with van der Waals surface area (Å²) in [5, 5.41) is 13.7. The van der Waals surface area contributed by atoms with Crippen LogP contribution in [0.25, 0.3) is 0 Å². The third-order valence-electron chi connectivity index (χ3n) is 5.11. The summed E-state index contributed by atoms with van der Waals surface area (Å²) >= 11 is 0. The van der Waals surface area contributed by atoms with Gasteiger partial charge < -0.3 is 25.0 Å².